The monoisotopic (exact) mass is 523 g/mol. The van der Waals surface area contributed by atoms with Crippen LogP contribution in [0.4, 0.5) is 5.00 Å². The summed E-state index contributed by atoms with van der Waals surface area (Å²) in [7, 11) is 1.54. The number of methoxy groups -OCH3 is 1. The number of hydrogen-bond acceptors (Lipinski definition) is 8. The smallest absolute Gasteiger partial charge is 0.348 e. The molecule has 0 aliphatic carbocycles. The van der Waals surface area contributed by atoms with Crippen molar-refractivity contribution in [2.45, 2.75) is 20.3 Å². The highest BCUT2D eigenvalue weighted by atomic mass is 32.1. The molecule has 0 fully saturated rings. The fourth-order valence-electron chi connectivity index (χ4n) is 3.34. The summed E-state index contributed by atoms with van der Waals surface area (Å²) in [5.41, 5.74) is 2.36. The number of anilines is 1. The molecule has 0 atom stereocenters. The van der Waals surface area contributed by atoms with E-state index in [9.17, 15) is 14.4 Å². The van der Waals surface area contributed by atoms with Crippen LogP contribution in [0.5, 0.6) is 5.75 Å². The van der Waals surface area contributed by atoms with Crippen LogP contribution in [0.3, 0.4) is 0 Å². The number of carbonyl (C=O) groups is 3. The van der Waals surface area contributed by atoms with Crippen molar-refractivity contribution < 1.29 is 33.3 Å². The van der Waals surface area contributed by atoms with E-state index < -0.39 is 17.8 Å². The van der Waals surface area contributed by atoms with Gasteiger partial charge in [-0.2, -0.15) is 0 Å². The number of thiophene rings is 1. The van der Waals surface area contributed by atoms with Crippen LogP contribution < -0.4 is 10.1 Å². The second-order valence-electron chi connectivity index (χ2n) is 7.79. The number of esters is 2. The Morgan fingerprint density at radius 2 is 1.70 bits per heavy atom. The third kappa shape index (κ3) is 8.03. The molecule has 0 saturated carbocycles. The number of ether oxygens (including phenoxy) is 4. The van der Waals surface area contributed by atoms with E-state index >= 15 is 0 Å². The first-order chi connectivity index (χ1) is 17.9. The minimum Gasteiger partial charge on any atom is -0.468 e. The minimum absolute atomic E-state index is 0.142. The molecule has 0 bridgehead atoms. The lowest BCUT2D eigenvalue weighted by Crippen LogP contribution is -2.13. The van der Waals surface area contributed by atoms with E-state index in [4.69, 9.17) is 18.9 Å². The molecule has 3 aromatic rings. The van der Waals surface area contributed by atoms with Gasteiger partial charge in [0.05, 0.1) is 18.8 Å². The van der Waals surface area contributed by atoms with Crippen molar-refractivity contribution in [2.24, 2.45) is 0 Å². The molecule has 0 aliphatic heterocycles. The van der Waals surface area contributed by atoms with Gasteiger partial charge in [0.1, 0.15) is 15.6 Å². The van der Waals surface area contributed by atoms with Gasteiger partial charge in [0.2, 0.25) is 5.91 Å². The standard InChI is InChI=1S/C28H29NO7S/c1-4-34-27(31)24-19(2)25(28(32)35-17-16-20-8-6-5-7-9-20)37-26(24)29-23(30)15-12-21-10-13-22(14-11-21)36-18-33-3/h5-15H,4,16-18H2,1-3H3,(H,29,30)/b15-12+. The fraction of sp³-hybridized carbons (Fsp3) is 0.250. The molecular weight excluding hydrogens is 494 g/mol. The molecule has 0 spiro atoms. The summed E-state index contributed by atoms with van der Waals surface area (Å²) in [5.74, 6) is -1.00. The Balaban J connectivity index is 1.70. The van der Waals surface area contributed by atoms with Crippen molar-refractivity contribution in [1.29, 1.82) is 0 Å². The molecule has 1 amide bonds. The highest BCUT2D eigenvalue weighted by Gasteiger charge is 2.27. The van der Waals surface area contributed by atoms with Gasteiger partial charge in [-0.3, -0.25) is 4.79 Å². The van der Waals surface area contributed by atoms with Crippen LogP contribution in [-0.2, 0) is 25.4 Å². The molecule has 9 heteroatoms. The number of nitrogens with one attached hydrogen (secondary N) is 1. The Hall–Kier alpha value is -3.95. The van der Waals surface area contributed by atoms with Gasteiger partial charge in [0, 0.05) is 19.6 Å². The first-order valence-corrected chi connectivity index (χ1v) is 12.5. The number of rotatable bonds is 12. The summed E-state index contributed by atoms with van der Waals surface area (Å²) in [4.78, 5) is 38.3. The minimum atomic E-state index is -0.620. The Morgan fingerprint density at radius 1 is 0.973 bits per heavy atom. The molecule has 1 aromatic heterocycles. The van der Waals surface area contributed by atoms with Crippen LogP contribution in [0.25, 0.3) is 6.08 Å². The molecule has 194 valence electrons. The molecule has 1 N–H and O–H groups in total. The van der Waals surface area contributed by atoms with E-state index in [1.54, 1.807) is 44.2 Å². The summed E-state index contributed by atoms with van der Waals surface area (Å²) in [6.07, 6.45) is 3.53. The van der Waals surface area contributed by atoms with E-state index in [1.807, 2.05) is 30.3 Å². The van der Waals surface area contributed by atoms with Crippen LogP contribution in [0, 0.1) is 6.92 Å². The van der Waals surface area contributed by atoms with Gasteiger partial charge in [0.15, 0.2) is 6.79 Å². The third-order valence-electron chi connectivity index (χ3n) is 5.17. The summed E-state index contributed by atoms with van der Waals surface area (Å²) in [6, 6.07) is 16.8. The maximum absolute atomic E-state index is 12.8. The third-order valence-corrected chi connectivity index (χ3v) is 6.35. The fourth-order valence-corrected chi connectivity index (χ4v) is 4.44. The lowest BCUT2D eigenvalue weighted by atomic mass is 10.1. The molecule has 8 nitrogen and oxygen atoms in total. The van der Waals surface area contributed by atoms with E-state index in [1.165, 1.54) is 13.2 Å². The van der Waals surface area contributed by atoms with Crippen molar-refractivity contribution in [1.82, 2.24) is 0 Å². The lowest BCUT2D eigenvalue weighted by Gasteiger charge is -2.06. The van der Waals surface area contributed by atoms with Gasteiger partial charge in [-0.1, -0.05) is 42.5 Å². The summed E-state index contributed by atoms with van der Waals surface area (Å²) >= 11 is 0.985. The zero-order chi connectivity index (χ0) is 26.6. The van der Waals surface area contributed by atoms with Crippen molar-refractivity contribution >= 4 is 40.3 Å². The highest BCUT2D eigenvalue weighted by molar-refractivity contribution is 7.18. The maximum atomic E-state index is 12.8. The van der Waals surface area contributed by atoms with E-state index in [0.29, 0.717) is 17.7 Å². The molecule has 3 rings (SSSR count). The van der Waals surface area contributed by atoms with Crippen LogP contribution in [0.1, 0.15) is 43.6 Å². The Kier molecular flexibility index (Phi) is 10.4. The predicted octanol–water partition coefficient (Wildman–Crippen LogP) is 5.27. The summed E-state index contributed by atoms with van der Waals surface area (Å²) in [6.45, 7) is 3.81. The Labute approximate surface area is 219 Å². The molecule has 0 saturated heterocycles. The zero-order valence-electron chi connectivity index (χ0n) is 20.9. The summed E-state index contributed by atoms with van der Waals surface area (Å²) in [5, 5.41) is 2.93. The van der Waals surface area contributed by atoms with Gasteiger partial charge >= 0.3 is 11.9 Å². The molecule has 2 aromatic carbocycles. The first kappa shape index (κ1) is 27.6. The Bertz CT molecular complexity index is 1230. The van der Waals surface area contributed by atoms with Gasteiger partial charge in [-0.15, -0.1) is 11.3 Å². The van der Waals surface area contributed by atoms with E-state index in [0.717, 1.165) is 22.5 Å². The predicted molar refractivity (Wildman–Crippen MR) is 142 cm³/mol. The quantitative estimate of drug-likeness (QED) is 0.196. The van der Waals surface area contributed by atoms with Crippen molar-refractivity contribution in [3.8, 4) is 5.75 Å². The average molecular weight is 524 g/mol. The second-order valence-corrected chi connectivity index (χ2v) is 8.82. The van der Waals surface area contributed by atoms with Crippen LogP contribution >= 0.6 is 11.3 Å². The number of amides is 1. The molecule has 0 unspecified atom stereocenters. The number of hydrogen-bond donors (Lipinski definition) is 1. The molecule has 1 heterocycles. The zero-order valence-corrected chi connectivity index (χ0v) is 21.8. The lowest BCUT2D eigenvalue weighted by molar-refractivity contribution is -0.111. The molecule has 37 heavy (non-hydrogen) atoms. The number of carbonyl (C=O) groups excluding carboxylic acids is 3. The summed E-state index contributed by atoms with van der Waals surface area (Å²) < 4.78 is 20.8. The molecule has 0 radical (unpaired) electrons. The van der Waals surface area contributed by atoms with E-state index in [-0.39, 0.29) is 35.4 Å². The average Bonchev–Trinajstić information content (AvgIpc) is 3.23. The topological polar surface area (TPSA) is 100 Å². The molecular formula is C28H29NO7S. The van der Waals surface area contributed by atoms with Gasteiger partial charge in [0.25, 0.3) is 0 Å². The Morgan fingerprint density at radius 3 is 2.38 bits per heavy atom. The molecule has 0 aliphatic rings. The number of benzene rings is 2. The van der Waals surface area contributed by atoms with Crippen molar-refractivity contribution in [2.75, 3.05) is 32.4 Å². The van der Waals surface area contributed by atoms with Gasteiger partial charge in [-0.05, 0) is 48.7 Å². The van der Waals surface area contributed by atoms with Crippen LogP contribution in [0.15, 0.2) is 60.7 Å². The van der Waals surface area contributed by atoms with Crippen molar-refractivity contribution in [3.63, 3.8) is 0 Å². The normalized spacial score (nSPS) is 10.8. The SMILES string of the molecule is CCOC(=O)c1c(NC(=O)/C=C/c2ccc(OCOC)cc2)sc(C(=O)OCCc2ccccc2)c1C. The van der Waals surface area contributed by atoms with Crippen molar-refractivity contribution in [3.05, 3.63) is 87.8 Å². The van der Waals surface area contributed by atoms with E-state index in [2.05, 4.69) is 5.32 Å². The van der Waals surface area contributed by atoms with Gasteiger partial charge < -0.3 is 24.3 Å². The van der Waals surface area contributed by atoms with Gasteiger partial charge in [-0.25, -0.2) is 9.59 Å². The van der Waals surface area contributed by atoms with Crippen LogP contribution in [0.2, 0.25) is 0 Å². The van der Waals surface area contributed by atoms with Crippen LogP contribution in [-0.4, -0.2) is 45.0 Å². The highest BCUT2D eigenvalue weighted by Crippen LogP contribution is 2.34. The maximum Gasteiger partial charge on any atom is 0.348 e. The second kappa shape index (κ2) is 14.0. The first-order valence-electron chi connectivity index (χ1n) is 11.6. The largest absolute Gasteiger partial charge is 0.468 e.